The van der Waals surface area contributed by atoms with E-state index < -0.39 is 0 Å². The number of hydrogen-bond donors (Lipinski definition) is 1. The third-order valence-electron chi connectivity index (χ3n) is 3.85. The van der Waals surface area contributed by atoms with Crippen LogP contribution >= 0.6 is 0 Å². The second-order valence-electron chi connectivity index (χ2n) is 5.52. The van der Waals surface area contributed by atoms with Crippen LogP contribution in [0.4, 0.5) is 0 Å². The van der Waals surface area contributed by atoms with Gasteiger partial charge in [0.2, 0.25) is 0 Å². The molecule has 0 atom stereocenters. The first-order valence-electron chi connectivity index (χ1n) is 8.21. The Balaban J connectivity index is 1.86. The van der Waals surface area contributed by atoms with Gasteiger partial charge in [-0.25, -0.2) is 4.99 Å². The Kier molecular flexibility index (Phi) is 5.22. The molecule has 6 nitrogen and oxygen atoms in total. The molecule has 1 aliphatic heterocycles. The molecule has 0 bridgehead atoms. The van der Waals surface area contributed by atoms with E-state index in [1.165, 1.54) is 0 Å². The number of nitrogens with zero attached hydrogens (tertiary/aromatic N) is 1. The van der Waals surface area contributed by atoms with Crippen molar-refractivity contribution in [3.8, 4) is 17.2 Å². The van der Waals surface area contributed by atoms with Crippen molar-refractivity contribution >= 4 is 17.8 Å². The van der Waals surface area contributed by atoms with Crippen molar-refractivity contribution < 1.29 is 19.0 Å². The Morgan fingerprint density at radius 1 is 1.04 bits per heavy atom. The van der Waals surface area contributed by atoms with Crippen LogP contribution in [0.25, 0.3) is 6.08 Å². The summed E-state index contributed by atoms with van der Waals surface area (Å²) in [5.74, 6) is 2.22. The molecule has 26 heavy (non-hydrogen) atoms. The lowest BCUT2D eigenvalue weighted by molar-refractivity contribution is -0.115. The van der Waals surface area contributed by atoms with E-state index in [2.05, 4.69) is 10.3 Å². The summed E-state index contributed by atoms with van der Waals surface area (Å²) in [7, 11) is 3.14. The van der Waals surface area contributed by atoms with Crippen LogP contribution < -0.4 is 19.5 Å². The van der Waals surface area contributed by atoms with Gasteiger partial charge in [0, 0.05) is 5.56 Å². The van der Waals surface area contributed by atoms with Gasteiger partial charge in [-0.2, -0.15) is 0 Å². The number of rotatable bonds is 6. The van der Waals surface area contributed by atoms with Gasteiger partial charge < -0.3 is 19.5 Å². The van der Waals surface area contributed by atoms with E-state index in [9.17, 15) is 4.79 Å². The summed E-state index contributed by atoms with van der Waals surface area (Å²) in [5.41, 5.74) is 1.96. The molecule has 6 heteroatoms. The fourth-order valence-corrected chi connectivity index (χ4v) is 2.57. The van der Waals surface area contributed by atoms with E-state index >= 15 is 0 Å². The zero-order valence-corrected chi connectivity index (χ0v) is 14.9. The Labute approximate surface area is 152 Å². The average molecular weight is 352 g/mol. The molecule has 1 heterocycles. The highest BCUT2D eigenvalue weighted by atomic mass is 16.5. The first-order valence-corrected chi connectivity index (χ1v) is 8.21. The zero-order chi connectivity index (χ0) is 18.5. The summed E-state index contributed by atoms with van der Waals surface area (Å²) >= 11 is 0. The summed E-state index contributed by atoms with van der Waals surface area (Å²) in [6.45, 7) is 2.55. The van der Waals surface area contributed by atoms with Gasteiger partial charge in [0.15, 0.2) is 11.5 Å². The monoisotopic (exact) mass is 352 g/mol. The van der Waals surface area contributed by atoms with Crippen LogP contribution in [0.2, 0.25) is 0 Å². The molecule has 0 aliphatic carbocycles. The van der Waals surface area contributed by atoms with E-state index in [0.29, 0.717) is 29.6 Å². The first-order chi connectivity index (χ1) is 12.6. The highest BCUT2D eigenvalue weighted by Crippen LogP contribution is 2.28. The lowest BCUT2D eigenvalue weighted by atomic mass is 10.2. The molecule has 0 saturated heterocycles. The fraction of sp³-hybridized carbons (Fsp3) is 0.200. The number of nitrogens with one attached hydrogen (secondary N) is 1. The maximum absolute atomic E-state index is 12.2. The molecule has 2 aromatic carbocycles. The lowest BCUT2D eigenvalue weighted by Gasteiger charge is -2.09. The molecule has 0 radical (unpaired) electrons. The van der Waals surface area contributed by atoms with Crippen LogP contribution in [0.5, 0.6) is 17.2 Å². The molecule has 2 aromatic rings. The number of amides is 1. The largest absolute Gasteiger partial charge is 0.494 e. The summed E-state index contributed by atoms with van der Waals surface area (Å²) in [5, 5.41) is 2.78. The zero-order valence-electron chi connectivity index (χ0n) is 14.9. The van der Waals surface area contributed by atoms with Gasteiger partial charge in [-0.1, -0.05) is 12.1 Å². The predicted octanol–water partition coefficient (Wildman–Crippen LogP) is 3.02. The molecular formula is C20H20N2O4. The fourth-order valence-electron chi connectivity index (χ4n) is 2.57. The van der Waals surface area contributed by atoms with Gasteiger partial charge >= 0.3 is 0 Å². The Morgan fingerprint density at radius 2 is 1.77 bits per heavy atom. The standard InChI is InChI=1S/C20H20N2O4/c1-4-26-15-8-5-13(6-9-15)11-16-20(23)22-19(21-16)14-7-10-17(24-2)18(12-14)25-3/h5-12H,4H2,1-3H3,(H,21,22,23)/b16-11+. The number of benzene rings is 2. The van der Waals surface area contributed by atoms with Gasteiger partial charge in [-0.05, 0) is 48.9 Å². The van der Waals surface area contributed by atoms with Crippen LogP contribution in [-0.2, 0) is 4.79 Å². The van der Waals surface area contributed by atoms with Gasteiger partial charge in [0.05, 0.1) is 20.8 Å². The third-order valence-corrected chi connectivity index (χ3v) is 3.85. The van der Waals surface area contributed by atoms with Crippen LogP contribution in [0.15, 0.2) is 53.2 Å². The van der Waals surface area contributed by atoms with Crippen LogP contribution in [0, 0.1) is 0 Å². The normalized spacial score (nSPS) is 14.8. The van der Waals surface area contributed by atoms with Gasteiger partial charge in [-0.15, -0.1) is 0 Å². The quantitative estimate of drug-likeness (QED) is 0.812. The van der Waals surface area contributed by atoms with Crippen molar-refractivity contribution in [2.75, 3.05) is 20.8 Å². The summed E-state index contributed by atoms with van der Waals surface area (Å²) in [4.78, 5) is 16.6. The van der Waals surface area contributed by atoms with Crippen molar-refractivity contribution in [3.05, 3.63) is 59.3 Å². The van der Waals surface area contributed by atoms with Crippen molar-refractivity contribution in [2.24, 2.45) is 4.99 Å². The third kappa shape index (κ3) is 3.69. The van der Waals surface area contributed by atoms with Crippen LogP contribution in [0.3, 0.4) is 0 Å². The summed E-state index contributed by atoms with van der Waals surface area (Å²) in [6, 6.07) is 12.9. The molecule has 1 amide bonds. The topological polar surface area (TPSA) is 69.2 Å². The number of hydrogen-bond acceptors (Lipinski definition) is 5. The van der Waals surface area contributed by atoms with Crippen molar-refractivity contribution in [2.45, 2.75) is 6.92 Å². The Hall–Kier alpha value is -3.28. The number of methoxy groups -OCH3 is 2. The Bertz CT molecular complexity index is 870. The molecule has 0 aromatic heterocycles. The first kappa shape index (κ1) is 17.5. The molecule has 0 unspecified atom stereocenters. The summed E-state index contributed by atoms with van der Waals surface area (Å²) < 4.78 is 15.9. The maximum Gasteiger partial charge on any atom is 0.275 e. The smallest absolute Gasteiger partial charge is 0.275 e. The van der Waals surface area contributed by atoms with Crippen molar-refractivity contribution in [3.63, 3.8) is 0 Å². The van der Waals surface area contributed by atoms with E-state index in [4.69, 9.17) is 14.2 Å². The number of amidine groups is 1. The highest BCUT2D eigenvalue weighted by molar-refractivity contribution is 6.19. The molecule has 134 valence electrons. The second-order valence-corrected chi connectivity index (χ2v) is 5.52. The van der Waals surface area contributed by atoms with Crippen LogP contribution in [0.1, 0.15) is 18.1 Å². The molecule has 0 saturated carbocycles. The molecule has 0 spiro atoms. The molecule has 0 fully saturated rings. The summed E-state index contributed by atoms with van der Waals surface area (Å²) in [6.07, 6.45) is 1.73. The van der Waals surface area contributed by atoms with E-state index in [1.807, 2.05) is 37.3 Å². The number of ether oxygens (including phenoxy) is 3. The van der Waals surface area contributed by atoms with Crippen molar-refractivity contribution in [1.82, 2.24) is 5.32 Å². The minimum absolute atomic E-state index is 0.247. The van der Waals surface area contributed by atoms with E-state index in [1.54, 1.807) is 32.4 Å². The van der Waals surface area contributed by atoms with E-state index in [0.717, 1.165) is 16.9 Å². The number of carbonyl (C=O) groups is 1. The lowest BCUT2D eigenvalue weighted by Crippen LogP contribution is -2.24. The van der Waals surface area contributed by atoms with Gasteiger partial charge in [0.1, 0.15) is 17.3 Å². The minimum atomic E-state index is -0.247. The van der Waals surface area contributed by atoms with Gasteiger partial charge in [0.25, 0.3) is 5.91 Å². The number of carbonyl (C=O) groups excluding carboxylic acids is 1. The predicted molar refractivity (Wildman–Crippen MR) is 99.8 cm³/mol. The second kappa shape index (κ2) is 7.74. The molecular weight excluding hydrogens is 332 g/mol. The molecule has 1 aliphatic rings. The van der Waals surface area contributed by atoms with Gasteiger partial charge in [-0.3, -0.25) is 4.79 Å². The minimum Gasteiger partial charge on any atom is -0.494 e. The highest BCUT2D eigenvalue weighted by Gasteiger charge is 2.22. The SMILES string of the molecule is CCOc1ccc(/C=C2/N=C(c3ccc(OC)c(OC)c3)NC2=O)cc1. The Morgan fingerprint density at radius 3 is 2.42 bits per heavy atom. The maximum atomic E-state index is 12.2. The van der Waals surface area contributed by atoms with E-state index in [-0.39, 0.29) is 5.91 Å². The average Bonchev–Trinajstić information content (AvgIpc) is 3.03. The molecule has 1 N–H and O–H groups in total. The molecule has 3 rings (SSSR count). The van der Waals surface area contributed by atoms with Crippen LogP contribution in [-0.4, -0.2) is 32.6 Å². The van der Waals surface area contributed by atoms with Crippen molar-refractivity contribution in [1.29, 1.82) is 0 Å². The number of aliphatic imine (C=N–C) groups is 1.